The van der Waals surface area contributed by atoms with Gasteiger partial charge in [-0.1, -0.05) is 18.2 Å². The molecule has 1 atom stereocenters. The average Bonchev–Trinajstić information content (AvgIpc) is 2.69. The number of fused-ring (bicyclic) bond motifs is 1. The van der Waals surface area contributed by atoms with Crippen molar-refractivity contribution in [3.63, 3.8) is 0 Å². The summed E-state index contributed by atoms with van der Waals surface area (Å²) in [5.74, 6) is -0.273. The molecule has 0 radical (unpaired) electrons. The van der Waals surface area contributed by atoms with Crippen molar-refractivity contribution in [2.24, 2.45) is 4.99 Å². The molecule has 1 aromatic carbocycles. The molecule has 0 N–H and O–H groups in total. The van der Waals surface area contributed by atoms with Crippen molar-refractivity contribution in [3.8, 4) is 0 Å². The number of hydrogen-bond donors (Lipinski definition) is 0. The maximum absolute atomic E-state index is 13.6. The predicted molar refractivity (Wildman–Crippen MR) is 75.5 cm³/mol. The summed E-state index contributed by atoms with van der Waals surface area (Å²) in [7, 11) is 0. The molecular formula is C13H10F2IN3. The minimum atomic E-state index is -1.06. The zero-order chi connectivity index (χ0) is 13.4. The summed E-state index contributed by atoms with van der Waals surface area (Å²) in [6.07, 6.45) is 0.460. The summed E-state index contributed by atoms with van der Waals surface area (Å²) in [5, 5.41) is 5.01. The van der Waals surface area contributed by atoms with Gasteiger partial charge in [-0.25, -0.2) is 13.5 Å². The summed E-state index contributed by atoms with van der Waals surface area (Å²) < 4.78 is 29.2. The Hall–Kier alpha value is -1.31. The van der Waals surface area contributed by atoms with E-state index in [4.69, 9.17) is 0 Å². The molecule has 1 aliphatic rings. The minimum absolute atomic E-state index is 0.103. The standard InChI is InChI=1S/C13H10F2IN3/c14-9-5-10-12(16)18-19(13(10)17-6-9)7-8-3-1-2-4-11(8)15/h1-5,9H,6-7H2. The van der Waals surface area contributed by atoms with Crippen LogP contribution in [-0.2, 0) is 6.54 Å². The number of alkyl halides is 1. The van der Waals surface area contributed by atoms with Gasteiger partial charge in [0.25, 0.3) is 0 Å². The summed E-state index contributed by atoms with van der Waals surface area (Å²) in [6, 6.07) is 6.55. The molecule has 3 nitrogen and oxygen atoms in total. The number of rotatable bonds is 2. The topological polar surface area (TPSA) is 30.2 Å². The molecule has 0 spiro atoms. The Kier molecular flexibility index (Phi) is 3.34. The number of benzene rings is 1. The lowest BCUT2D eigenvalue weighted by Crippen LogP contribution is -2.36. The minimum Gasteiger partial charge on any atom is -0.263 e. The van der Waals surface area contributed by atoms with Crippen molar-refractivity contribution in [2.45, 2.75) is 12.7 Å². The van der Waals surface area contributed by atoms with Crippen LogP contribution in [0.1, 0.15) is 5.56 Å². The highest BCUT2D eigenvalue weighted by Crippen LogP contribution is 2.07. The Labute approximate surface area is 121 Å². The molecule has 0 saturated carbocycles. The zero-order valence-electron chi connectivity index (χ0n) is 9.85. The first-order chi connectivity index (χ1) is 9.15. The first kappa shape index (κ1) is 12.7. The Balaban J connectivity index is 2.08. The molecule has 0 amide bonds. The van der Waals surface area contributed by atoms with Crippen molar-refractivity contribution in [2.75, 3.05) is 6.54 Å². The van der Waals surface area contributed by atoms with Gasteiger partial charge in [0.15, 0.2) is 5.49 Å². The highest BCUT2D eigenvalue weighted by Gasteiger charge is 2.14. The van der Waals surface area contributed by atoms with E-state index in [0.29, 0.717) is 26.5 Å². The van der Waals surface area contributed by atoms with Crippen molar-refractivity contribution < 1.29 is 8.78 Å². The van der Waals surface area contributed by atoms with Crippen LogP contribution < -0.4 is 10.7 Å². The monoisotopic (exact) mass is 373 g/mol. The van der Waals surface area contributed by atoms with Crippen LogP contribution in [0.25, 0.3) is 6.08 Å². The van der Waals surface area contributed by atoms with E-state index in [0.717, 1.165) is 0 Å². The number of halogens is 3. The quantitative estimate of drug-likeness (QED) is 0.733. The van der Waals surface area contributed by atoms with E-state index in [1.54, 1.807) is 22.9 Å². The van der Waals surface area contributed by atoms with Crippen LogP contribution in [0.2, 0.25) is 0 Å². The van der Waals surface area contributed by atoms with E-state index in [1.807, 2.05) is 22.6 Å². The fourth-order valence-corrected chi connectivity index (χ4v) is 2.74. The second-order valence-electron chi connectivity index (χ2n) is 4.30. The first-order valence-electron chi connectivity index (χ1n) is 5.81. The second kappa shape index (κ2) is 4.99. The largest absolute Gasteiger partial charge is 0.263 e. The smallest absolute Gasteiger partial charge is 0.154 e. The molecule has 1 aromatic heterocycles. The summed E-state index contributed by atoms with van der Waals surface area (Å²) in [4.78, 5) is 4.19. The van der Waals surface area contributed by atoms with Crippen molar-refractivity contribution in [1.82, 2.24) is 9.78 Å². The maximum atomic E-state index is 13.6. The fourth-order valence-electron chi connectivity index (χ4n) is 2.05. The second-order valence-corrected chi connectivity index (χ2v) is 5.32. The SMILES string of the molecule is Fc1ccccc1Cn1nc(I)c2c1=NCC(F)C=2. The van der Waals surface area contributed by atoms with Crippen LogP contribution >= 0.6 is 22.6 Å². The molecule has 0 fully saturated rings. The van der Waals surface area contributed by atoms with Gasteiger partial charge in [-0.05, 0) is 34.7 Å². The van der Waals surface area contributed by atoms with Crippen LogP contribution in [0.15, 0.2) is 29.3 Å². The molecule has 1 aliphatic heterocycles. The zero-order valence-corrected chi connectivity index (χ0v) is 12.0. The molecule has 3 rings (SSSR count). The van der Waals surface area contributed by atoms with E-state index in [9.17, 15) is 8.78 Å². The van der Waals surface area contributed by atoms with Crippen molar-refractivity contribution in [1.29, 1.82) is 0 Å². The van der Waals surface area contributed by atoms with E-state index in [1.165, 1.54) is 12.1 Å². The van der Waals surface area contributed by atoms with E-state index in [-0.39, 0.29) is 12.4 Å². The van der Waals surface area contributed by atoms with Gasteiger partial charge in [0.1, 0.15) is 15.7 Å². The van der Waals surface area contributed by atoms with Crippen LogP contribution in [0.5, 0.6) is 0 Å². The van der Waals surface area contributed by atoms with Gasteiger partial charge in [-0.3, -0.25) is 4.99 Å². The normalized spacial score (nSPS) is 17.5. The number of nitrogens with zero attached hydrogens (tertiary/aromatic N) is 3. The van der Waals surface area contributed by atoms with Gasteiger partial charge in [0.05, 0.1) is 18.3 Å². The Morgan fingerprint density at radius 1 is 1.37 bits per heavy atom. The molecule has 0 saturated heterocycles. The van der Waals surface area contributed by atoms with Crippen LogP contribution in [0.3, 0.4) is 0 Å². The third kappa shape index (κ3) is 2.41. The van der Waals surface area contributed by atoms with Gasteiger partial charge < -0.3 is 0 Å². The lowest BCUT2D eigenvalue weighted by Gasteiger charge is -2.05. The fraction of sp³-hybridized carbons (Fsp3) is 0.231. The molecule has 0 aliphatic carbocycles. The van der Waals surface area contributed by atoms with Crippen molar-refractivity contribution in [3.05, 3.63) is 50.1 Å². The van der Waals surface area contributed by atoms with Crippen LogP contribution in [0.4, 0.5) is 8.78 Å². The van der Waals surface area contributed by atoms with E-state index < -0.39 is 6.17 Å². The molecule has 19 heavy (non-hydrogen) atoms. The lowest BCUT2D eigenvalue weighted by atomic mass is 10.2. The molecule has 0 bridgehead atoms. The Morgan fingerprint density at radius 2 is 2.16 bits per heavy atom. The van der Waals surface area contributed by atoms with Gasteiger partial charge in [-0.2, -0.15) is 5.10 Å². The van der Waals surface area contributed by atoms with Crippen LogP contribution in [0, 0.1) is 9.52 Å². The first-order valence-corrected chi connectivity index (χ1v) is 6.89. The van der Waals surface area contributed by atoms with Gasteiger partial charge >= 0.3 is 0 Å². The lowest BCUT2D eigenvalue weighted by molar-refractivity contribution is 0.419. The molecular weight excluding hydrogens is 363 g/mol. The molecule has 2 heterocycles. The molecule has 2 aromatic rings. The highest BCUT2D eigenvalue weighted by atomic mass is 127. The van der Waals surface area contributed by atoms with E-state index in [2.05, 4.69) is 10.1 Å². The highest BCUT2D eigenvalue weighted by molar-refractivity contribution is 14.1. The average molecular weight is 373 g/mol. The third-order valence-electron chi connectivity index (χ3n) is 2.96. The third-order valence-corrected chi connectivity index (χ3v) is 3.75. The molecule has 1 unspecified atom stereocenters. The van der Waals surface area contributed by atoms with E-state index >= 15 is 0 Å². The van der Waals surface area contributed by atoms with Crippen molar-refractivity contribution >= 4 is 28.7 Å². The summed E-state index contributed by atoms with van der Waals surface area (Å²) in [5.41, 5.74) is 1.17. The molecule has 98 valence electrons. The predicted octanol–water partition coefficient (Wildman–Crippen LogP) is 1.43. The van der Waals surface area contributed by atoms with Gasteiger partial charge in [0.2, 0.25) is 0 Å². The molecule has 6 heteroatoms. The summed E-state index contributed by atoms with van der Waals surface area (Å²) >= 11 is 2.04. The van der Waals surface area contributed by atoms with Gasteiger partial charge in [-0.15, -0.1) is 0 Å². The van der Waals surface area contributed by atoms with Crippen LogP contribution in [-0.4, -0.2) is 22.5 Å². The maximum Gasteiger partial charge on any atom is 0.154 e. The Bertz CT molecular complexity index is 739. The Morgan fingerprint density at radius 3 is 2.95 bits per heavy atom. The number of hydrogen-bond acceptors (Lipinski definition) is 2. The van der Waals surface area contributed by atoms with Gasteiger partial charge in [0, 0.05) is 5.56 Å². The number of aromatic nitrogens is 2. The summed E-state index contributed by atoms with van der Waals surface area (Å²) in [6.45, 7) is 0.401.